The lowest BCUT2D eigenvalue weighted by atomic mass is 9.62. The lowest BCUT2D eigenvalue weighted by Gasteiger charge is -2.57. The van der Waals surface area contributed by atoms with Gasteiger partial charge in [0.1, 0.15) is 0 Å². The smallest absolute Gasteiger partial charge is 0.0361 e. The Morgan fingerprint density at radius 1 is 1.21 bits per heavy atom. The molecule has 1 aliphatic heterocycles. The first kappa shape index (κ1) is 15.7. The Balaban J connectivity index is 2.22. The van der Waals surface area contributed by atoms with Gasteiger partial charge in [-0.25, -0.2) is 0 Å². The van der Waals surface area contributed by atoms with Crippen LogP contribution in [0.25, 0.3) is 0 Å². The van der Waals surface area contributed by atoms with Gasteiger partial charge in [-0.05, 0) is 37.5 Å². The minimum atomic E-state index is 0.254. The van der Waals surface area contributed by atoms with E-state index in [4.69, 9.17) is 5.73 Å². The molecule has 19 heavy (non-hydrogen) atoms. The number of rotatable bonds is 2. The minimum Gasteiger partial charge on any atom is -0.329 e. The van der Waals surface area contributed by atoms with Gasteiger partial charge in [0.05, 0.1) is 0 Å². The average Bonchev–Trinajstić information content (AvgIpc) is 2.33. The molecule has 1 aliphatic carbocycles. The van der Waals surface area contributed by atoms with Crippen molar-refractivity contribution in [3.63, 3.8) is 0 Å². The molecule has 2 N–H and O–H groups in total. The van der Waals surface area contributed by atoms with Crippen molar-refractivity contribution >= 4 is 11.8 Å². The van der Waals surface area contributed by atoms with E-state index >= 15 is 0 Å². The van der Waals surface area contributed by atoms with Gasteiger partial charge in [0.2, 0.25) is 0 Å². The second kappa shape index (κ2) is 5.57. The first-order valence-corrected chi connectivity index (χ1v) is 8.96. The van der Waals surface area contributed by atoms with Crippen LogP contribution in [0.2, 0.25) is 0 Å². The molecule has 1 saturated carbocycles. The summed E-state index contributed by atoms with van der Waals surface area (Å²) in [7, 11) is 0. The standard InChI is InChI=1S/C16H32N2S/c1-12-10-15(4,5)6-7-16(12,11-17)18-8-9-19-14(3)13(18)2/h12-14H,6-11,17H2,1-5H3. The van der Waals surface area contributed by atoms with Gasteiger partial charge in [0.25, 0.3) is 0 Å². The second-order valence-electron chi connectivity index (χ2n) is 7.59. The second-order valence-corrected chi connectivity index (χ2v) is 9.07. The maximum atomic E-state index is 6.31. The summed E-state index contributed by atoms with van der Waals surface area (Å²) < 4.78 is 0. The average molecular weight is 285 g/mol. The molecule has 0 aromatic rings. The van der Waals surface area contributed by atoms with Crippen LogP contribution in [0.4, 0.5) is 0 Å². The SMILES string of the molecule is CC1SCCN(C2(CN)CCC(C)(C)CC2C)C1C. The van der Waals surface area contributed by atoms with Crippen LogP contribution < -0.4 is 5.73 Å². The molecule has 1 saturated heterocycles. The van der Waals surface area contributed by atoms with Crippen molar-refractivity contribution in [1.29, 1.82) is 0 Å². The van der Waals surface area contributed by atoms with Crippen molar-refractivity contribution in [1.82, 2.24) is 4.90 Å². The minimum absolute atomic E-state index is 0.254. The molecule has 4 unspecified atom stereocenters. The molecule has 0 aromatic heterocycles. The highest BCUT2D eigenvalue weighted by molar-refractivity contribution is 8.00. The third-order valence-corrected chi connectivity index (χ3v) is 7.16. The monoisotopic (exact) mass is 284 g/mol. The Kier molecular flexibility index (Phi) is 4.59. The third-order valence-electron chi connectivity index (χ3n) is 5.82. The molecule has 3 heteroatoms. The molecule has 0 aromatic carbocycles. The fourth-order valence-corrected chi connectivity index (χ4v) is 5.43. The van der Waals surface area contributed by atoms with Crippen molar-refractivity contribution in [2.75, 3.05) is 18.8 Å². The van der Waals surface area contributed by atoms with Crippen molar-refractivity contribution in [2.45, 2.75) is 70.7 Å². The molecule has 2 nitrogen and oxygen atoms in total. The van der Waals surface area contributed by atoms with Crippen LogP contribution in [-0.4, -0.2) is 40.6 Å². The van der Waals surface area contributed by atoms with Crippen molar-refractivity contribution in [3.05, 3.63) is 0 Å². The molecule has 0 radical (unpaired) electrons. The van der Waals surface area contributed by atoms with E-state index in [1.807, 2.05) is 0 Å². The molecular weight excluding hydrogens is 252 g/mol. The highest BCUT2D eigenvalue weighted by atomic mass is 32.2. The Bertz CT molecular complexity index is 318. The largest absolute Gasteiger partial charge is 0.329 e. The van der Waals surface area contributed by atoms with Crippen LogP contribution in [0.3, 0.4) is 0 Å². The highest BCUT2D eigenvalue weighted by Gasteiger charge is 2.49. The predicted molar refractivity (Wildman–Crippen MR) is 86.7 cm³/mol. The fourth-order valence-electron chi connectivity index (χ4n) is 4.33. The fraction of sp³-hybridized carbons (Fsp3) is 1.00. The molecule has 2 rings (SSSR count). The van der Waals surface area contributed by atoms with Crippen molar-refractivity contribution in [3.8, 4) is 0 Å². The van der Waals surface area contributed by atoms with Crippen LogP contribution in [0.1, 0.15) is 53.9 Å². The molecule has 2 aliphatic rings. The van der Waals surface area contributed by atoms with Gasteiger partial charge in [-0.15, -0.1) is 0 Å². The summed E-state index contributed by atoms with van der Waals surface area (Å²) in [6, 6.07) is 0.658. The summed E-state index contributed by atoms with van der Waals surface area (Å²) in [5.74, 6) is 1.97. The molecule has 4 atom stereocenters. The number of nitrogens with zero attached hydrogens (tertiary/aromatic N) is 1. The zero-order valence-electron chi connectivity index (χ0n) is 13.4. The predicted octanol–water partition coefficient (Wildman–Crippen LogP) is 3.36. The number of hydrogen-bond acceptors (Lipinski definition) is 3. The summed E-state index contributed by atoms with van der Waals surface area (Å²) in [6.07, 6.45) is 3.91. The van der Waals surface area contributed by atoms with Crippen molar-refractivity contribution in [2.24, 2.45) is 17.1 Å². The Morgan fingerprint density at radius 2 is 1.89 bits per heavy atom. The van der Waals surface area contributed by atoms with E-state index < -0.39 is 0 Å². The van der Waals surface area contributed by atoms with Crippen LogP contribution in [0, 0.1) is 11.3 Å². The molecule has 0 bridgehead atoms. The zero-order chi connectivity index (χ0) is 14.3. The summed E-state index contributed by atoms with van der Waals surface area (Å²) in [4.78, 5) is 2.77. The van der Waals surface area contributed by atoms with E-state index in [9.17, 15) is 0 Å². The third kappa shape index (κ3) is 2.84. The van der Waals surface area contributed by atoms with Gasteiger partial charge in [0, 0.05) is 35.7 Å². The summed E-state index contributed by atoms with van der Waals surface area (Å²) >= 11 is 2.12. The van der Waals surface area contributed by atoms with Crippen LogP contribution in [0.5, 0.6) is 0 Å². The molecule has 2 fully saturated rings. The van der Waals surface area contributed by atoms with Crippen LogP contribution >= 0.6 is 11.8 Å². The Morgan fingerprint density at radius 3 is 2.47 bits per heavy atom. The molecule has 0 spiro atoms. The van der Waals surface area contributed by atoms with Crippen molar-refractivity contribution < 1.29 is 0 Å². The van der Waals surface area contributed by atoms with E-state index in [1.165, 1.54) is 31.6 Å². The van der Waals surface area contributed by atoms with Crippen LogP contribution in [0.15, 0.2) is 0 Å². The van der Waals surface area contributed by atoms with Gasteiger partial charge < -0.3 is 5.73 Å². The van der Waals surface area contributed by atoms with E-state index in [-0.39, 0.29) is 5.54 Å². The topological polar surface area (TPSA) is 29.3 Å². The number of nitrogens with two attached hydrogens (primary N) is 1. The van der Waals surface area contributed by atoms with Gasteiger partial charge in [-0.3, -0.25) is 4.90 Å². The number of hydrogen-bond donors (Lipinski definition) is 1. The maximum Gasteiger partial charge on any atom is 0.0361 e. The summed E-state index contributed by atoms with van der Waals surface area (Å²) in [5, 5.41) is 0.735. The number of thioether (sulfide) groups is 1. The van der Waals surface area contributed by atoms with Crippen LogP contribution in [-0.2, 0) is 0 Å². The zero-order valence-corrected chi connectivity index (χ0v) is 14.2. The normalized spacial score (nSPS) is 44.2. The Labute approximate surface area is 123 Å². The van der Waals surface area contributed by atoms with Gasteiger partial charge >= 0.3 is 0 Å². The van der Waals surface area contributed by atoms with Gasteiger partial charge in [0.15, 0.2) is 0 Å². The molecule has 0 amide bonds. The summed E-state index contributed by atoms with van der Waals surface area (Å²) in [6.45, 7) is 14.1. The molecule has 112 valence electrons. The lowest BCUT2D eigenvalue weighted by Crippen LogP contribution is -2.66. The van der Waals surface area contributed by atoms with E-state index in [0.29, 0.717) is 17.4 Å². The first-order valence-electron chi connectivity index (χ1n) is 7.91. The molecular formula is C16H32N2S. The molecule has 1 heterocycles. The van der Waals surface area contributed by atoms with E-state index in [1.54, 1.807) is 0 Å². The summed E-state index contributed by atoms with van der Waals surface area (Å²) in [5.41, 5.74) is 7.06. The Hall–Kier alpha value is 0.270. The highest BCUT2D eigenvalue weighted by Crippen LogP contribution is 2.48. The lowest BCUT2D eigenvalue weighted by molar-refractivity contribution is -0.0411. The van der Waals surface area contributed by atoms with Gasteiger partial charge in [-0.1, -0.05) is 27.7 Å². The quantitative estimate of drug-likeness (QED) is 0.843. The maximum absolute atomic E-state index is 6.31. The van der Waals surface area contributed by atoms with E-state index in [2.05, 4.69) is 51.3 Å². The first-order chi connectivity index (χ1) is 8.82. The van der Waals surface area contributed by atoms with Gasteiger partial charge in [-0.2, -0.15) is 11.8 Å². The van der Waals surface area contributed by atoms with E-state index in [0.717, 1.165) is 11.8 Å².